The van der Waals surface area contributed by atoms with Gasteiger partial charge in [0, 0.05) is 37.7 Å². The maximum Gasteiger partial charge on any atom is 0.270 e. The molecule has 0 fully saturated rings. The van der Waals surface area contributed by atoms with Crippen molar-refractivity contribution in [2.75, 3.05) is 27.4 Å². The van der Waals surface area contributed by atoms with Gasteiger partial charge in [0.25, 0.3) is 5.56 Å². The smallest absolute Gasteiger partial charge is 0.270 e. The summed E-state index contributed by atoms with van der Waals surface area (Å²) in [6.45, 7) is 0.802. The van der Waals surface area contributed by atoms with Gasteiger partial charge in [-0.1, -0.05) is 0 Å². The zero-order valence-corrected chi connectivity index (χ0v) is 15.6. The summed E-state index contributed by atoms with van der Waals surface area (Å²) in [6, 6.07) is 8.69. The van der Waals surface area contributed by atoms with Crippen LogP contribution in [0.4, 0.5) is 0 Å². The van der Waals surface area contributed by atoms with Gasteiger partial charge in [-0.2, -0.15) is 5.10 Å². The van der Waals surface area contributed by atoms with Crippen LogP contribution in [0.3, 0.4) is 0 Å². The topological polar surface area (TPSA) is 103 Å². The van der Waals surface area contributed by atoms with Gasteiger partial charge in [0.15, 0.2) is 5.75 Å². The van der Waals surface area contributed by atoms with Crippen molar-refractivity contribution in [1.29, 1.82) is 0 Å². The van der Waals surface area contributed by atoms with Crippen LogP contribution in [0, 0.1) is 0 Å². The summed E-state index contributed by atoms with van der Waals surface area (Å²) in [5.74, 6) is 1.00. The molecule has 0 saturated heterocycles. The summed E-state index contributed by atoms with van der Waals surface area (Å²) in [5.41, 5.74) is 1.06. The lowest BCUT2D eigenvalue weighted by Gasteiger charge is -2.12. The average Bonchev–Trinajstić information content (AvgIpc) is 2.69. The second-order valence-corrected chi connectivity index (χ2v) is 5.88. The molecule has 27 heavy (non-hydrogen) atoms. The second kappa shape index (κ2) is 10.3. The normalized spacial score (nSPS) is 10.5. The molecule has 0 radical (unpaired) electrons. The Labute approximate surface area is 157 Å². The number of aryl methyl sites for hydroxylation is 1. The Hall–Kier alpha value is -2.87. The van der Waals surface area contributed by atoms with Gasteiger partial charge in [-0.15, -0.1) is 0 Å². The number of nitrogens with zero attached hydrogens (tertiary/aromatic N) is 2. The Morgan fingerprint density at radius 3 is 2.56 bits per heavy atom. The number of carbonyl (C=O) groups is 1. The first-order valence-electron chi connectivity index (χ1n) is 8.77. The number of hydrogen-bond acceptors (Lipinski definition) is 6. The highest BCUT2D eigenvalue weighted by molar-refractivity contribution is 5.75. The van der Waals surface area contributed by atoms with E-state index >= 15 is 0 Å². The third-order valence-electron chi connectivity index (χ3n) is 3.98. The van der Waals surface area contributed by atoms with Crippen LogP contribution in [0.25, 0.3) is 11.3 Å². The number of benzene rings is 1. The van der Waals surface area contributed by atoms with Crippen LogP contribution >= 0.6 is 0 Å². The van der Waals surface area contributed by atoms with E-state index in [-0.39, 0.29) is 24.5 Å². The number of aliphatic hydroxyl groups excluding tert-OH is 1. The molecule has 0 aliphatic rings. The number of amides is 1. The number of rotatable bonds is 10. The highest BCUT2D eigenvalue weighted by atomic mass is 16.5. The van der Waals surface area contributed by atoms with Crippen molar-refractivity contribution in [3.8, 4) is 22.8 Å². The SMILES string of the molecule is COc1ccc(-c2nn(CCCC(=O)NCCCO)c(=O)cc2OC)cc1. The van der Waals surface area contributed by atoms with E-state index in [1.165, 1.54) is 17.9 Å². The molecule has 8 heteroatoms. The zero-order valence-electron chi connectivity index (χ0n) is 15.6. The Bertz CT molecular complexity index is 802. The maximum atomic E-state index is 12.2. The van der Waals surface area contributed by atoms with Crippen LogP contribution < -0.4 is 20.3 Å². The molecule has 2 rings (SSSR count). The molecule has 0 unspecified atom stereocenters. The summed E-state index contributed by atoms with van der Waals surface area (Å²) >= 11 is 0. The number of carbonyl (C=O) groups excluding carboxylic acids is 1. The lowest BCUT2D eigenvalue weighted by molar-refractivity contribution is -0.121. The lowest BCUT2D eigenvalue weighted by atomic mass is 10.1. The Balaban J connectivity index is 2.10. The molecule has 1 heterocycles. The van der Waals surface area contributed by atoms with Gasteiger partial charge in [-0.3, -0.25) is 9.59 Å². The van der Waals surface area contributed by atoms with Crippen LogP contribution in [-0.2, 0) is 11.3 Å². The fourth-order valence-corrected chi connectivity index (χ4v) is 2.52. The Kier molecular flexibility index (Phi) is 7.81. The van der Waals surface area contributed by atoms with E-state index in [0.29, 0.717) is 37.4 Å². The lowest BCUT2D eigenvalue weighted by Crippen LogP contribution is -2.27. The molecule has 0 aliphatic carbocycles. The van der Waals surface area contributed by atoms with E-state index in [1.54, 1.807) is 7.11 Å². The summed E-state index contributed by atoms with van der Waals surface area (Å²) in [4.78, 5) is 24.0. The van der Waals surface area contributed by atoms with Gasteiger partial charge in [0.2, 0.25) is 5.91 Å². The molecule has 1 amide bonds. The average molecular weight is 375 g/mol. The number of aliphatic hydroxyl groups is 1. The predicted octanol–water partition coefficient (Wildman–Crippen LogP) is 1.21. The van der Waals surface area contributed by atoms with Crippen molar-refractivity contribution in [3.05, 3.63) is 40.7 Å². The summed E-state index contributed by atoms with van der Waals surface area (Å²) in [6.07, 6.45) is 1.28. The van der Waals surface area contributed by atoms with E-state index in [9.17, 15) is 9.59 Å². The molecule has 1 aromatic heterocycles. The van der Waals surface area contributed by atoms with Crippen molar-refractivity contribution in [1.82, 2.24) is 15.1 Å². The fraction of sp³-hybridized carbons (Fsp3) is 0.421. The minimum absolute atomic E-state index is 0.0412. The number of nitrogens with one attached hydrogen (secondary N) is 1. The van der Waals surface area contributed by atoms with E-state index in [1.807, 2.05) is 24.3 Å². The Morgan fingerprint density at radius 2 is 1.93 bits per heavy atom. The van der Waals surface area contributed by atoms with Gasteiger partial charge in [0.1, 0.15) is 11.4 Å². The monoisotopic (exact) mass is 375 g/mol. The van der Waals surface area contributed by atoms with E-state index in [4.69, 9.17) is 14.6 Å². The largest absolute Gasteiger partial charge is 0.497 e. The molecular formula is C19H25N3O5. The summed E-state index contributed by atoms with van der Waals surface area (Å²) < 4.78 is 11.8. The van der Waals surface area contributed by atoms with Crippen molar-refractivity contribution in [2.45, 2.75) is 25.8 Å². The van der Waals surface area contributed by atoms with Crippen LogP contribution in [0.1, 0.15) is 19.3 Å². The molecule has 0 aliphatic heterocycles. The van der Waals surface area contributed by atoms with Gasteiger partial charge in [0.05, 0.1) is 14.2 Å². The van der Waals surface area contributed by atoms with Gasteiger partial charge >= 0.3 is 0 Å². The van der Waals surface area contributed by atoms with Crippen molar-refractivity contribution >= 4 is 5.91 Å². The molecule has 2 N–H and O–H groups in total. The van der Waals surface area contributed by atoms with Crippen molar-refractivity contribution in [2.24, 2.45) is 0 Å². The van der Waals surface area contributed by atoms with Gasteiger partial charge < -0.3 is 19.9 Å². The highest BCUT2D eigenvalue weighted by Crippen LogP contribution is 2.27. The molecule has 0 bridgehead atoms. The highest BCUT2D eigenvalue weighted by Gasteiger charge is 2.12. The maximum absolute atomic E-state index is 12.2. The fourth-order valence-electron chi connectivity index (χ4n) is 2.52. The first-order chi connectivity index (χ1) is 13.1. The van der Waals surface area contributed by atoms with Crippen LogP contribution in [-0.4, -0.2) is 48.2 Å². The van der Waals surface area contributed by atoms with Gasteiger partial charge in [-0.25, -0.2) is 4.68 Å². The third-order valence-corrected chi connectivity index (χ3v) is 3.98. The Morgan fingerprint density at radius 1 is 1.19 bits per heavy atom. The van der Waals surface area contributed by atoms with Crippen LogP contribution in [0.2, 0.25) is 0 Å². The predicted molar refractivity (Wildman–Crippen MR) is 101 cm³/mol. The number of aromatic nitrogens is 2. The summed E-state index contributed by atoms with van der Waals surface area (Å²) in [5, 5.41) is 15.8. The van der Waals surface area contributed by atoms with Gasteiger partial charge in [-0.05, 0) is 37.1 Å². The minimum atomic E-state index is -0.287. The molecular weight excluding hydrogens is 350 g/mol. The first kappa shape index (κ1) is 20.4. The van der Waals surface area contributed by atoms with E-state index < -0.39 is 0 Å². The second-order valence-electron chi connectivity index (χ2n) is 5.88. The third kappa shape index (κ3) is 5.82. The number of ether oxygens (including phenoxy) is 2. The molecule has 146 valence electrons. The molecule has 0 saturated carbocycles. The standard InChI is InChI=1S/C19H25N3O5/c1-26-15-8-6-14(7-9-15)19-16(27-2)13-18(25)22(21-19)11-3-5-17(24)20-10-4-12-23/h6-9,13,23H,3-5,10-12H2,1-2H3,(H,20,24). The van der Waals surface area contributed by atoms with Crippen LogP contribution in [0.15, 0.2) is 35.1 Å². The molecule has 2 aromatic rings. The molecule has 0 atom stereocenters. The van der Waals surface area contributed by atoms with Crippen molar-refractivity contribution in [3.63, 3.8) is 0 Å². The van der Waals surface area contributed by atoms with E-state index in [2.05, 4.69) is 10.4 Å². The first-order valence-corrected chi connectivity index (χ1v) is 8.77. The summed E-state index contributed by atoms with van der Waals surface area (Å²) in [7, 11) is 3.08. The zero-order chi connectivity index (χ0) is 19.6. The number of hydrogen-bond donors (Lipinski definition) is 2. The molecule has 1 aromatic carbocycles. The number of methoxy groups -OCH3 is 2. The molecule has 0 spiro atoms. The van der Waals surface area contributed by atoms with Crippen LogP contribution in [0.5, 0.6) is 11.5 Å². The quantitative estimate of drug-likeness (QED) is 0.605. The van der Waals surface area contributed by atoms with Crippen molar-refractivity contribution < 1.29 is 19.4 Å². The minimum Gasteiger partial charge on any atom is -0.497 e. The molecule has 8 nitrogen and oxygen atoms in total. The van der Waals surface area contributed by atoms with E-state index in [0.717, 1.165) is 11.3 Å².